The van der Waals surface area contributed by atoms with Crippen LogP contribution < -0.4 is 15.8 Å². The van der Waals surface area contributed by atoms with Crippen molar-refractivity contribution in [1.29, 1.82) is 0 Å². The van der Waals surface area contributed by atoms with Gasteiger partial charge in [-0.3, -0.25) is 9.36 Å². The average molecular weight is 401 g/mol. The predicted octanol–water partition coefficient (Wildman–Crippen LogP) is 4.18. The van der Waals surface area contributed by atoms with Gasteiger partial charge >= 0.3 is 12.1 Å². The molecule has 6 nitrogen and oxygen atoms in total. The van der Waals surface area contributed by atoms with Gasteiger partial charge in [0.05, 0.1) is 5.52 Å². The number of rotatable bonds is 5. The van der Waals surface area contributed by atoms with E-state index in [1.54, 1.807) is 12.1 Å². The van der Waals surface area contributed by atoms with Gasteiger partial charge in [0.15, 0.2) is 5.58 Å². The first-order valence-electron chi connectivity index (χ1n) is 7.66. The third-order valence-electron chi connectivity index (χ3n) is 3.56. The van der Waals surface area contributed by atoms with Crippen LogP contribution in [0, 0.1) is 0 Å². The minimum Gasteiger partial charge on any atom is -0.408 e. The number of oxazole rings is 1. The molecule has 1 heterocycles. The molecule has 0 bridgehead atoms. The highest BCUT2D eigenvalue weighted by Gasteiger charge is 2.30. The molecule has 0 spiro atoms. The first-order chi connectivity index (χ1) is 12.7. The zero-order chi connectivity index (χ0) is 19.6. The lowest BCUT2D eigenvalue weighted by atomic mass is 10.3. The molecule has 0 saturated carbocycles. The molecular weight excluding hydrogens is 389 g/mol. The Hall–Kier alpha value is -2.94. The second-order valence-electron chi connectivity index (χ2n) is 5.50. The van der Waals surface area contributed by atoms with Gasteiger partial charge in [0.25, 0.3) is 0 Å². The van der Waals surface area contributed by atoms with Crippen LogP contribution in [-0.2, 0) is 11.3 Å². The largest absolute Gasteiger partial charge is 0.573 e. The number of halogens is 4. The van der Waals surface area contributed by atoms with Crippen LogP contribution in [0.1, 0.15) is 6.42 Å². The fourth-order valence-corrected chi connectivity index (χ4v) is 2.59. The first kappa shape index (κ1) is 18.8. The van der Waals surface area contributed by atoms with Crippen molar-refractivity contribution < 1.29 is 27.1 Å². The molecule has 3 rings (SSSR count). The summed E-state index contributed by atoms with van der Waals surface area (Å²) in [5.74, 6) is -1.43. The van der Waals surface area contributed by atoms with Crippen LogP contribution in [0.25, 0.3) is 11.1 Å². The summed E-state index contributed by atoms with van der Waals surface area (Å²) >= 11 is 5.84. The summed E-state index contributed by atoms with van der Waals surface area (Å²) in [6.07, 6.45) is -4.83. The summed E-state index contributed by atoms with van der Waals surface area (Å²) in [6.45, 7) is 0.0641. The van der Waals surface area contributed by atoms with Crippen LogP contribution in [0.2, 0.25) is 5.02 Å². The number of anilines is 1. The van der Waals surface area contributed by atoms with E-state index in [0.717, 1.165) is 12.1 Å². The summed E-state index contributed by atoms with van der Waals surface area (Å²) in [5.41, 5.74) is 1.12. The molecule has 0 radical (unpaired) electrons. The molecule has 27 heavy (non-hydrogen) atoms. The van der Waals surface area contributed by atoms with E-state index in [1.165, 1.54) is 22.8 Å². The standard InChI is InChI=1S/C17H12ClF3N2O4/c18-10-1-6-13-14(9-10)26-16(25)23(13)8-7-15(24)22-11-2-4-12(5-3-11)27-17(19,20)21/h1-6,9H,7-8H2,(H,22,24). The van der Waals surface area contributed by atoms with E-state index < -0.39 is 23.8 Å². The van der Waals surface area contributed by atoms with Gasteiger partial charge in [0.1, 0.15) is 5.75 Å². The number of benzene rings is 2. The smallest absolute Gasteiger partial charge is 0.408 e. The SMILES string of the molecule is O=C(CCn1c(=O)oc2cc(Cl)ccc21)Nc1ccc(OC(F)(F)F)cc1. The molecule has 0 aliphatic heterocycles. The number of carbonyl (C=O) groups is 1. The van der Waals surface area contributed by atoms with Gasteiger partial charge < -0.3 is 14.5 Å². The normalized spacial score (nSPS) is 11.6. The molecule has 142 valence electrons. The van der Waals surface area contributed by atoms with Gasteiger partial charge in [-0.25, -0.2) is 4.79 Å². The zero-order valence-corrected chi connectivity index (χ0v) is 14.3. The van der Waals surface area contributed by atoms with E-state index in [-0.39, 0.29) is 13.0 Å². The van der Waals surface area contributed by atoms with Crippen LogP contribution in [0.5, 0.6) is 5.75 Å². The highest BCUT2D eigenvalue weighted by molar-refractivity contribution is 6.31. The lowest BCUT2D eigenvalue weighted by molar-refractivity contribution is -0.274. The van der Waals surface area contributed by atoms with Gasteiger partial charge in [0, 0.05) is 29.7 Å². The summed E-state index contributed by atoms with van der Waals surface area (Å²) in [7, 11) is 0. The fraction of sp³-hybridized carbons (Fsp3) is 0.176. The highest BCUT2D eigenvalue weighted by atomic mass is 35.5. The zero-order valence-electron chi connectivity index (χ0n) is 13.5. The molecule has 1 N–H and O–H groups in total. The van der Waals surface area contributed by atoms with Crippen molar-refractivity contribution in [3.63, 3.8) is 0 Å². The number of hydrogen-bond acceptors (Lipinski definition) is 4. The molecule has 0 fully saturated rings. The summed E-state index contributed by atoms with van der Waals surface area (Å²) in [4.78, 5) is 23.9. The second-order valence-corrected chi connectivity index (χ2v) is 5.94. The number of hydrogen-bond donors (Lipinski definition) is 1. The maximum Gasteiger partial charge on any atom is 0.573 e. The summed E-state index contributed by atoms with van der Waals surface area (Å²) < 4.78 is 46.5. The van der Waals surface area contributed by atoms with Crippen molar-refractivity contribution in [2.45, 2.75) is 19.3 Å². The monoisotopic (exact) mass is 400 g/mol. The van der Waals surface area contributed by atoms with Crippen molar-refractivity contribution in [3.05, 3.63) is 58.0 Å². The minimum absolute atomic E-state index is 0.0437. The third kappa shape index (κ3) is 4.82. The number of fused-ring (bicyclic) bond motifs is 1. The predicted molar refractivity (Wildman–Crippen MR) is 91.9 cm³/mol. The van der Waals surface area contributed by atoms with Crippen molar-refractivity contribution >= 4 is 34.3 Å². The Labute approximate surface area is 155 Å². The number of aromatic nitrogens is 1. The molecule has 2 aromatic carbocycles. The van der Waals surface area contributed by atoms with Crippen molar-refractivity contribution in [2.75, 3.05) is 5.32 Å². The number of nitrogens with zero attached hydrogens (tertiary/aromatic N) is 1. The third-order valence-corrected chi connectivity index (χ3v) is 3.80. The van der Waals surface area contributed by atoms with Gasteiger partial charge in [-0.05, 0) is 36.4 Å². The number of aryl methyl sites for hydroxylation is 1. The molecule has 1 amide bonds. The molecule has 10 heteroatoms. The number of alkyl halides is 3. The first-order valence-corrected chi connectivity index (χ1v) is 8.04. The van der Waals surface area contributed by atoms with Crippen LogP contribution in [0.15, 0.2) is 51.7 Å². The molecule has 0 aliphatic rings. The van der Waals surface area contributed by atoms with Gasteiger partial charge in [-0.1, -0.05) is 11.6 Å². The van der Waals surface area contributed by atoms with Gasteiger partial charge in [0.2, 0.25) is 5.91 Å². The van der Waals surface area contributed by atoms with Crippen molar-refractivity contribution in [1.82, 2.24) is 4.57 Å². The van der Waals surface area contributed by atoms with Crippen LogP contribution in [0.3, 0.4) is 0 Å². The van der Waals surface area contributed by atoms with E-state index in [1.807, 2.05) is 0 Å². The van der Waals surface area contributed by atoms with Gasteiger partial charge in [-0.2, -0.15) is 0 Å². The summed E-state index contributed by atoms with van der Waals surface area (Å²) in [6, 6.07) is 9.43. The van der Waals surface area contributed by atoms with Crippen molar-refractivity contribution in [3.8, 4) is 5.75 Å². The Bertz CT molecular complexity index is 1030. The lowest BCUT2D eigenvalue weighted by Gasteiger charge is -2.10. The molecule has 0 unspecified atom stereocenters. The van der Waals surface area contributed by atoms with Gasteiger partial charge in [-0.15, -0.1) is 13.2 Å². The highest BCUT2D eigenvalue weighted by Crippen LogP contribution is 2.24. The topological polar surface area (TPSA) is 73.5 Å². The molecule has 1 aromatic heterocycles. The fourth-order valence-electron chi connectivity index (χ4n) is 2.43. The van der Waals surface area contributed by atoms with E-state index in [4.69, 9.17) is 16.0 Å². The van der Waals surface area contributed by atoms with E-state index in [9.17, 15) is 22.8 Å². The van der Waals surface area contributed by atoms with E-state index in [0.29, 0.717) is 21.8 Å². The summed E-state index contributed by atoms with van der Waals surface area (Å²) in [5, 5.41) is 2.94. The van der Waals surface area contributed by atoms with Crippen LogP contribution in [0.4, 0.5) is 18.9 Å². The Kier molecular flexibility index (Phi) is 5.13. The maximum absolute atomic E-state index is 12.1. The van der Waals surface area contributed by atoms with Crippen molar-refractivity contribution in [2.24, 2.45) is 0 Å². The molecule has 0 aliphatic carbocycles. The number of ether oxygens (including phenoxy) is 1. The van der Waals surface area contributed by atoms with E-state index >= 15 is 0 Å². The quantitative estimate of drug-likeness (QED) is 0.697. The Morgan fingerprint density at radius 2 is 1.89 bits per heavy atom. The van der Waals surface area contributed by atoms with Crippen LogP contribution >= 0.6 is 11.6 Å². The van der Waals surface area contributed by atoms with E-state index in [2.05, 4.69) is 10.1 Å². The van der Waals surface area contributed by atoms with Crippen LogP contribution in [-0.4, -0.2) is 16.8 Å². The minimum atomic E-state index is -4.78. The lowest BCUT2D eigenvalue weighted by Crippen LogP contribution is -2.20. The molecular formula is C17H12ClF3N2O4. The maximum atomic E-state index is 12.1. The Morgan fingerprint density at radius 1 is 1.19 bits per heavy atom. The molecule has 3 aromatic rings. The Balaban J connectivity index is 1.62. The Morgan fingerprint density at radius 3 is 2.56 bits per heavy atom. The number of nitrogens with one attached hydrogen (secondary N) is 1. The second kappa shape index (κ2) is 7.36. The molecule has 0 saturated heterocycles. The number of carbonyl (C=O) groups excluding carboxylic acids is 1. The number of amides is 1. The average Bonchev–Trinajstić information content (AvgIpc) is 2.87. The molecule has 0 atom stereocenters.